The van der Waals surface area contributed by atoms with Crippen molar-refractivity contribution in [2.24, 2.45) is 0 Å². The van der Waals surface area contributed by atoms with Gasteiger partial charge in [-0.15, -0.1) is 11.3 Å². The normalized spacial score (nSPS) is 11.7. The van der Waals surface area contributed by atoms with Crippen LogP contribution in [-0.2, 0) is 0 Å². The predicted octanol–water partition coefficient (Wildman–Crippen LogP) is 31.1. The highest BCUT2D eigenvalue weighted by molar-refractivity contribution is 7.30. The third-order valence-electron chi connectivity index (χ3n) is 25.7. The van der Waals surface area contributed by atoms with Crippen LogP contribution in [-0.4, -0.2) is 12.6 Å². The van der Waals surface area contributed by atoms with E-state index < -0.39 is 8.07 Å². The molecule has 0 bridgehead atoms. The molecule has 0 N–H and O–H groups in total. The van der Waals surface area contributed by atoms with Crippen LogP contribution in [0.2, 0.25) is 0 Å². The Hall–Kier alpha value is -15.6. The van der Waals surface area contributed by atoms with E-state index in [0.717, 1.165) is 0 Å². The molecule has 584 valence electrons. The molecule has 125 heavy (non-hydrogen) atoms. The highest BCUT2D eigenvalue weighted by Gasteiger charge is 2.43. The molecule has 0 atom stereocenters. The minimum atomic E-state index is -2.81. The summed E-state index contributed by atoms with van der Waals surface area (Å²) in [4.78, 5) is 0. The van der Waals surface area contributed by atoms with Crippen molar-refractivity contribution in [1.29, 1.82) is 0 Å². The van der Waals surface area contributed by atoms with Crippen molar-refractivity contribution in [3.63, 3.8) is 0 Å². The Labute approximate surface area is 731 Å². The fraction of sp³-hybridized carbons (Fsp3) is 0. The van der Waals surface area contributed by atoms with Gasteiger partial charge in [-0.1, -0.05) is 400 Å². The molecule has 0 fully saturated rings. The molecule has 0 radical (unpaired) electrons. The molecule has 25 rings (SSSR count). The van der Waals surface area contributed by atoms with Crippen molar-refractivity contribution in [2.45, 2.75) is 0 Å². The lowest BCUT2D eigenvalue weighted by molar-refractivity contribution is 1.18. The number of nitrogens with zero attached hydrogens (tertiary/aromatic N) is 1. The number of benzene rings is 23. The first kappa shape index (κ1) is 74.4. The quantitative estimate of drug-likeness (QED) is 0.0691. The Bertz CT molecular complexity index is 8090. The smallest absolute Gasteiger partial charge is 0.181 e. The van der Waals surface area contributed by atoms with Gasteiger partial charge in [0.2, 0.25) is 0 Å². The number of para-hydroxylation sites is 2. The van der Waals surface area contributed by atoms with E-state index >= 15 is 0 Å². The van der Waals surface area contributed by atoms with Crippen molar-refractivity contribution in [1.82, 2.24) is 4.57 Å². The molecule has 0 saturated heterocycles. The average molecular weight is 1620 g/mol. The standard InChI is InChI=1S/C42H29NSSi.2C40H26/c1-3-16-31(17-4-1)45(32-18-5-2-6-19-32,41-28-14-24-37-36-23-9-12-27-40(36)44-42(37)41)33-20-13-15-30(29-33)43-38-25-10-7-21-34(38)35-22-8-11-26-39(35)43;2*1-2-9-28-22-31(17-16-27(28)8-1)33-21-20-32-23-30(18-19-34(32)24-33)29-11-7-12-35(25-29)40-26-36-10-3-4-13-37(36)38-14-5-6-15-39(38)40/h1-29H;2*1-26H. The first-order chi connectivity index (χ1) is 61.9. The Morgan fingerprint density at radius 1 is 0.168 bits per heavy atom. The third kappa shape index (κ3) is 13.5. The Morgan fingerprint density at radius 3 is 0.936 bits per heavy atom. The minimum absolute atomic E-state index is 1.19. The van der Waals surface area contributed by atoms with Gasteiger partial charge < -0.3 is 4.57 Å². The number of fused-ring (bicyclic) bond motifs is 16. The highest BCUT2D eigenvalue weighted by atomic mass is 32.1. The van der Waals surface area contributed by atoms with E-state index in [-0.39, 0.29) is 0 Å². The SMILES string of the molecule is c1cc(-c2ccc3cc(-c4ccc5ccccc5c4)ccc3c2)cc(-c2cc3ccccc3c3ccccc23)c1.c1cc(-c2ccc3cc(-c4ccc5ccccc5c4)ccc3c2)cc(-c2cc3ccccc3c3ccccc23)c1.c1ccc([Si](c2ccccc2)(c2cccc(-n3c4ccccc4c4ccccc43)c2)c2cccc3c2sc2ccccc23)cc1. The maximum Gasteiger partial charge on any atom is 0.181 e. The lowest BCUT2D eigenvalue weighted by Gasteiger charge is -2.35. The van der Waals surface area contributed by atoms with Gasteiger partial charge in [0.05, 0.1) is 11.0 Å². The predicted molar refractivity (Wildman–Crippen MR) is 543 cm³/mol. The Balaban J connectivity index is 0.000000108. The van der Waals surface area contributed by atoms with E-state index in [4.69, 9.17) is 0 Å². The molecular weight excluding hydrogens is 1540 g/mol. The van der Waals surface area contributed by atoms with Crippen LogP contribution < -0.4 is 20.7 Å². The molecule has 2 heterocycles. The number of aromatic nitrogens is 1. The zero-order valence-electron chi connectivity index (χ0n) is 68.6. The van der Waals surface area contributed by atoms with Gasteiger partial charge in [0, 0.05) is 36.6 Å². The second kappa shape index (κ2) is 31.8. The topological polar surface area (TPSA) is 4.93 Å². The first-order valence-electron chi connectivity index (χ1n) is 43.1. The fourth-order valence-corrected chi connectivity index (χ4v) is 26.3. The lowest BCUT2D eigenvalue weighted by atomic mass is 9.91. The number of hydrogen-bond acceptors (Lipinski definition) is 1. The summed E-state index contributed by atoms with van der Waals surface area (Å²) in [5.41, 5.74) is 18.6. The van der Waals surface area contributed by atoms with Gasteiger partial charge in [-0.2, -0.15) is 0 Å². The molecule has 0 aliphatic carbocycles. The van der Waals surface area contributed by atoms with Crippen molar-refractivity contribution < 1.29 is 0 Å². The summed E-state index contributed by atoms with van der Waals surface area (Å²) in [6, 6.07) is 181. The maximum atomic E-state index is 2.48. The Morgan fingerprint density at radius 2 is 0.480 bits per heavy atom. The van der Waals surface area contributed by atoms with E-state index in [1.807, 2.05) is 11.3 Å². The zero-order valence-corrected chi connectivity index (χ0v) is 70.4. The molecule has 0 saturated carbocycles. The monoisotopic (exact) mass is 1620 g/mol. The van der Waals surface area contributed by atoms with Crippen LogP contribution >= 0.6 is 11.3 Å². The van der Waals surface area contributed by atoms with Gasteiger partial charge in [-0.25, -0.2) is 0 Å². The first-order valence-corrected chi connectivity index (χ1v) is 46.0. The summed E-state index contributed by atoms with van der Waals surface area (Å²) in [5.74, 6) is 0. The molecule has 0 unspecified atom stereocenters. The largest absolute Gasteiger partial charge is 0.309 e. The van der Waals surface area contributed by atoms with Gasteiger partial charge >= 0.3 is 0 Å². The van der Waals surface area contributed by atoms with Crippen molar-refractivity contribution in [3.8, 4) is 72.4 Å². The number of thiophene rings is 1. The van der Waals surface area contributed by atoms with Crippen molar-refractivity contribution in [2.75, 3.05) is 0 Å². The summed E-state index contributed by atoms with van der Waals surface area (Å²) in [7, 11) is -2.81. The molecule has 23 aromatic carbocycles. The van der Waals surface area contributed by atoms with E-state index in [2.05, 4.69) is 496 Å². The highest BCUT2D eigenvalue weighted by Crippen LogP contribution is 2.42. The Kier molecular flexibility index (Phi) is 18.9. The van der Waals surface area contributed by atoms with Crippen LogP contribution in [0.4, 0.5) is 0 Å². The average Bonchev–Trinajstić information content (AvgIpc) is 1.63. The second-order valence-electron chi connectivity index (χ2n) is 32.9. The van der Waals surface area contributed by atoms with Gasteiger partial charge in [0.25, 0.3) is 0 Å². The molecule has 25 aromatic rings. The molecule has 2 aromatic heterocycles. The van der Waals surface area contributed by atoms with Gasteiger partial charge in [0.15, 0.2) is 8.07 Å². The van der Waals surface area contributed by atoms with E-state index in [1.54, 1.807) is 0 Å². The number of hydrogen-bond donors (Lipinski definition) is 0. The minimum Gasteiger partial charge on any atom is -0.309 e. The van der Waals surface area contributed by atoms with Crippen LogP contribution in [0.25, 0.3) is 201 Å². The maximum absolute atomic E-state index is 2.81. The van der Waals surface area contributed by atoms with Crippen LogP contribution in [0.5, 0.6) is 0 Å². The van der Waals surface area contributed by atoms with Crippen LogP contribution in [0.1, 0.15) is 0 Å². The molecule has 0 spiro atoms. The van der Waals surface area contributed by atoms with E-state index in [9.17, 15) is 0 Å². The van der Waals surface area contributed by atoms with Gasteiger partial charge in [-0.3, -0.25) is 0 Å². The van der Waals surface area contributed by atoms with Crippen LogP contribution in [0, 0.1) is 0 Å². The summed E-state index contributed by atoms with van der Waals surface area (Å²) in [6.07, 6.45) is 0. The zero-order chi connectivity index (χ0) is 82.7. The van der Waals surface area contributed by atoms with Gasteiger partial charge in [0.1, 0.15) is 0 Å². The van der Waals surface area contributed by atoms with Crippen LogP contribution in [0.15, 0.2) is 491 Å². The molecule has 0 amide bonds. The summed E-state index contributed by atoms with van der Waals surface area (Å²) < 4.78 is 5.17. The van der Waals surface area contributed by atoms with Crippen LogP contribution in [0.3, 0.4) is 0 Å². The van der Waals surface area contributed by atoms with Crippen molar-refractivity contribution in [3.05, 3.63) is 491 Å². The molecule has 0 aliphatic rings. The molecule has 1 nitrogen and oxygen atoms in total. The van der Waals surface area contributed by atoms with E-state index in [0.29, 0.717) is 0 Å². The lowest BCUT2D eigenvalue weighted by Crippen LogP contribution is -2.74. The summed E-state index contributed by atoms with van der Waals surface area (Å²) >= 11 is 1.93. The van der Waals surface area contributed by atoms with Gasteiger partial charge in [-0.05, 0) is 265 Å². The van der Waals surface area contributed by atoms with Crippen molar-refractivity contribution >= 4 is 168 Å². The summed E-state index contributed by atoms with van der Waals surface area (Å²) in [6.45, 7) is 0. The van der Waals surface area contributed by atoms with E-state index in [1.165, 1.54) is 221 Å². The fourth-order valence-electron chi connectivity index (χ4n) is 19.7. The second-order valence-corrected chi connectivity index (χ2v) is 37.7. The molecule has 0 aliphatic heterocycles. The third-order valence-corrected chi connectivity index (χ3v) is 31.9. The number of rotatable bonds is 11. The molecular formula is C122H81NSSi. The summed E-state index contributed by atoms with van der Waals surface area (Å²) in [5, 5.41) is 31.3. The molecule has 3 heteroatoms.